The highest BCUT2D eigenvalue weighted by Crippen LogP contribution is 2.30. The van der Waals surface area contributed by atoms with Crippen LogP contribution >= 0.6 is 34.5 Å². The minimum Gasteiger partial charge on any atom is -0.353 e. The van der Waals surface area contributed by atoms with Gasteiger partial charge in [-0.25, -0.2) is 9.97 Å². The van der Waals surface area contributed by atoms with Gasteiger partial charge in [-0.3, -0.25) is 9.69 Å². The number of piperazine rings is 1. The molecule has 1 N–H and O–H groups in total. The average molecular weight is 436 g/mol. The summed E-state index contributed by atoms with van der Waals surface area (Å²) in [5, 5.41) is 6.85. The van der Waals surface area contributed by atoms with Gasteiger partial charge < -0.3 is 10.2 Å². The lowest BCUT2D eigenvalue weighted by molar-refractivity contribution is -0.116. The Balaban J connectivity index is 1.29. The molecule has 0 radical (unpaired) electrons. The summed E-state index contributed by atoms with van der Waals surface area (Å²) < 4.78 is 0. The van der Waals surface area contributed by atoms with Crippen molar-refractivity contribution in [2.24, 2.45) is 0 Å². The molecule has 0 bridgehead atoms. The number of hydrogen-bond donors (Lipinski definition) is 1. The zero-order chi connectivity index (χ0) is 19.5. The Hall–Kier alpha value is -1.93. The third-order valence-corrected chi connectivity index (χ3v) is 6.25. The quantitative estimate of drug-likeness (QED) is 0.651. The summed E-state index contributed by atoms with van der Waals surface area (Å²) in [6, 6.07) is 7.24. The molecule has 0 saturated carbocycles. The van der Waals surface area contributed by atoms with E-state index in [9.17, 15) is 4.79 Å². The van der Waals surface area contributed by atoms with Gasteiger partial charge in [0.25, 0.3) is 0 Å². The first-order valence-corrected chi connectivity index (χ1v) is 10.6. The van der Waals surface area contributed by atoms with Crippen LogP contribution < -0.4 is 10.2 Å². The molecule has 6 nitrogen and oxygen atoms in total. The fourth-order valence-electron chi connectivity index (χ4n) is 3.29. The molecule has 0 unspecified atom stereocenters. The second kappa shape index (κ2) is 8.61. The highest BCUT2D eigenvalue weighted by molar-refractivity contribution is 7.16. The number of nitrogens with zero attached hydrogens (tertiary/aromatic N) is 4. The minimum absolute atomic E-state index is 0.0896. The van der Waals surface area contributed by atoms with Crippen LogP contribution in [0.5, 0.6) is 0 Å². The Labute approximate surface area is 177 Å². The predicted octanol–water partition coefficient (Wildman–Crippen LogP) is 4.15. The molecule has 1 aliphatic heterocycles. The van der Waals surface area contributed by atoms with Crippen molar-refractivity contribution in [2.45, 2.75) is 6.42 Å². The summed E-state index contributed by atoms with van der Waals surface area (Å²) in [5.41, 5.74) is 0.476. The summed E-state index contributed by atoms with van der Waals surface area (Å²) in [6.45, 7) is 4.21. The number of halogens is 2. The Morgan fingerprint density at radius 1 is 1.11 bits per heavy atom. The van der Waals surface area contributed by atoms with Gasteiger partial charge in [-0.15, -0.1) is 11.3 Å². The summed E-state index contributed by atoms with van der Waals surface area (Å²) in [7, 11) is 0. The number of thiophene rings is 1. The molecule has 1 fully saturated rings. The van der Waals surface area contributed by atoms with Crippen LogP contribution in [-0.4, -0.2) is 53.5 Å². The van der Waals surface area contributed by atoms with Crippen molar-refractivity contribution in [1.29, 1.82) is 0 Å². The second-order valence-electron chi connectivity index (χ2n) is 6.56. The first-order chi connectivity index (χ1) is 13.6. The van der Waals surface area contributed by atoms with Crippen LogP contribution in [0.25, 0.3) is 10.2 Å². The molecule has 1 aliphatic rings. The van der Waals surface area contributed by atoms with Crippen molar-refractivity contribution in [1.82, 2.24) is 14.9 Å². The number of anilines is 2. The van der Waals surface area contributed by atoms with Gasteiger partial charge in [0.05, 0.1) is 21.1 Å². The van der Waals surface area contributed by atoms with Gasteiger partial charge in [-0.2, -0.15) is 0 Å². The summed E-state index contributed by atoms with van der Waals surface area (Å²) in [4.78, 5) is 26.7. The van der Waals surface area contributed by atoms with Gasteiger partial charge in [0.2, 0.25) is 5.91 Å². The zero-order valence-corrected chi connectivity index (χ0v) is 17.4. The number of benzene rings is 1. The van der Waals surface area contributed by atoms with E-state index in [1.165, 1.54) is 0 Å². The first-order valence-electron chi connectivity index (χ1n) is 9.01. The van der Waals surface area contributed by atoms with E-state index in [1.54, 1.807) is 35.9 Å². The van der Waals surface area contributed by atoms with E-state index in [1.807, 2.05) is 5.38 Å². The van der Waals surface area contributed by atoms with Crippen LogP contribution in [0.2, 0.25) is 10.0 Å². The van der Waals surface area contributed by atoms with Crippen LogP contribution in [0.4, 0.5) is 11.5 Å². The number of rotatable bonds is 5. The average Bonchev–Trinajstić information content (AvgIpc) is 3.19. The van der Waals surface area contributed by atoms with E-state index in [0.717, 1.165) is 42.2 Å². The molecule has 1 amide bonds. The van der Waals surface area contributed by atoms with E-state index in [0.29, 0.717) is 28.7 Å². The van der Waals surface area contributed by atoms with Crippen molar-refractivity contribution in [3.05, 3.63) is 46.0 Å². The maximum absolute atomic E-state index is 12.3. The number of amides is 1. The molecule has 146 valence electrons. The van der Waals surface area contributed by atoms with Gasteiger partial charge >= 0.3 is 0 Å². The zero-order valence-electron chi connectivity index (χ0n) is 15.1. The van der Waals surface area contributed by atoms with Crippen molar-refractivity contribution in [3.8, 4) is 0 Å². The van der Waals surface area contributed by atoms with Gasteiger partial charge in [0, 0.05) is 39.1 Å². The Kier molecular flexibility index (Phi) is 5.96. The van der Waals surface area contributed by atoms with E-state index in [-0.39, 0.29) is 5.91 Å². The predicted molar refractivity (Wildman–Crippen MR) is 116 cm³/mol. The fourth-order valence-corrected chi connectivity index (χ4v) is 4.51. The lowest BCUT2D eigenvalue weighted by Crippen LogP contribution is -2.47. The van der Waals surface area contributed by atoms with Gasteiger partial charge in [0.1, 0.15) is 17.0 Å². The molecular formula is C19H19Cl2N5OS. The molecule has 3 aromatic rings. The summed E-state index contributed by atoms with van der Waals surface area (Å²) in [6.07, 6.45) is 2.02. The minimum atomic E-state index is -0.0896. The van der Waals surface area contributed by atoms with Crippen molar-refractivity contribution >= 4 is 62.2 Å². The number of fused-ring (bicyclic) bond motifs is 1. The first kappa shape index (κ1) is 19.4. The number of aromatic nitrogens is 2. The molecule has 3 heterocycles. The Morgan fingerprint density at radius 2 is 1.86 bits per heavy atom. The van der Waals surface area contributed by atoms with Crippen LogP contribution in [-0.2, 0) is 4.79 Å². The molecular weight excluding hydrogens is 417 g/mol. The molecule has 28 heavy (non-hydrogen) atoms. The molecule has 0 aliphatic carbocycles. The largest absolute Gasteiger partial charge is 0.353 e. The van der Waals surface area contributed by atoms with Gasteiger partial charge in [0.15, 0.2) is 0 Å². The highest BCUT2D eigenvalue weighted by atomic mass is 35.5. The smallest absolute Gasteiger partial charge is 0.225 e. The van der Waals surface area contributed by atoms with E-state index in [4.69, 9.17) is 23.2 Å². The Bertz CT molecular complexity index is 967. The monoisotopic (exact) mass is 435 g/mol. The van der Waals surface area contributed by atoms with E-state index >= 15 is 0 Å². The maximum atomic E-state index is 12.3. The van der Waals surface area contributed by atoms with Crippen molar-refractivity contribution in [2.75, 3.05) is 42.9 Å². The molecule has 1 aromatic carbocycles. The highest BCUT2D eigenvalue weighted by Gasteiger charge is 2.21. The van der Waals surface area contributed by atoms with Crippen LogP contribution in [0, 0.1) is 0 Å². The lowest BCUT2D eigenvalue weighted by atomic mass is 10.2. The molecule has 4 rings (SSSR count). The Morgan fingerprint density at radius 3 is 2.61 bits per heavy atom. The van der Waals surface area contributed by atoms with E-state index < -0.39 is 0 Å². The molecule has 2 aromatic heterocycles. The normalized spacial score (nSPS) is 15.1. The molecule has 1 saturated heterocycles. The SMILES string of the molecule is O=C(CCN1CCN(c2ncnc3sccc23)CC1)Nc1c(Cl)cccc1Cl. The van der Waals surface area contributed by atoms with Crippen molar-refractivity contribution < 1.29 is 4.79 Å². The maximum Gasteiger partial charge on any atom is 0.225 e. The third kappa shape index (κ3) is 4.22. The number of para-hydroxylation sites is 1. The number of hydrogen-bond acceptors (Lipinski definition) is 6. The summed E-state index contributed by atoms with van der Waals surface area (Å²) >= 11 is 13.8. The third-order valence-electron chi connectivity index (χ3n) is 4.79. The van der Waals surface area contributed by atoms with E-state index in [2.05, 4.69) is 31.2 Å². The van der Waals surface area contributed by atoms with Gasteiger partial charge in [-0.05, 0) is 23.6 Å². The van der Waals surface area contributed by atoms with Crippen molar-refractivity contribution in [3.63, 3.8) is 0 Å². The second-order valence-corrected chi connectivity index (χ2v) is 8.27. The topological polar surface area (TPSA) is 61.4 Å². The fraction of sp³-hybridized carbons (Fsp3) is 0.316. The lowest BCUT2D eigenvalue weighted by Gasteiger charge is -2.35. The van der Waals surface area contributed by atoms with Crippen LogP contribution in [0.3, 0.4) is 0 Å². The molecule has 0 atom stereocenters. The standard InChI is InChI=1S/C19H19Cl2N5OS/c20-14-2-1-3-15(21)17(14)24-16(27)4-6-25-7-9-26(10-8-25)18-13-5-11-28-19(13)23-12-22-18/h1-3,5,11-12H,4,6-10H2,(H,24,27). The number of carbonyl (C=O) groups excluding carboxylic acids is 1. The molecule has 9 heteroatoms. The van der Waals surface area contributed by atoms with Crippen LogP contribution in [0.15, 0.2) is 36.0 Å². The van der Waals surface area contributed by atoms with Crippen LogP contribution in [0.1, 0.15) is 6.42 Å². The summed E-state index contributed by atoms with van der Waals surface area (Å²) in [5.74, 6) is 0.908. The molecule has 0 spiro atoms. The number of carbonyl (C=O) groups is 1. The number of nitrogens with one attached hydrogen (secondary N) is 1. The van der Waals surface area contributed by atoms with Gasteiger partial charge in [-0.1, -0.05) is 29.3 Å².